The fourth-order valence-corrected chi connectivity index (χ4v) is 3.23. The standard InChI is InChI=1S/C18H34N2O2/c1-5-14(2)17(18(22)20(3)4)19-16(21)13-9-12-15-10-7-6-8-11-15/h14-15,17H,5-13H2,1-4H3,(H,19,21)/t14-,17-/m0/s1. The average Bonchev–Trinajstić information content (AvgIpc) is 2.52. The second kappa shape index (κ2) is 9.86. The zero-order chi connectivity index (χ0) is 16.5. The van der Waals surface area contributed by atoms with Gasteiger partial charge in [0.2, 0.25) is 11.8 Å². The lowest BCUT2D eigenvalue weighted by molar-refractivity contribution is -0.135. The Hall–Kier alpha value is -1.06. The summed E-state index contributed by atoms with van der Waals surface area (Å²) in [6, 6.07) is -0.387. The predicted octanol–water partition coefficient (Wildman–Crippen LogP) is 3.36. The Morgan fingerprint density at radius 3 is 2.36 bits per heavy atom. The second-order valence-corrected chi connectivity index (χ2v) is 7.06. The maximum atomic E-state index is 12.2. The number of carbonyl (C=O) groups is 2. The molecule has 0 aromatic rings. The largest absolute Gasteiger partial charge is 0.347 e. The fraction of sp³-hybridized carbons (Fsp3) is 0.889. The van der Waals surface area contributed by atoms with Gasteiger partial charge in [0.05, 0.1) is 0 Å². The molecule has 1 fully saturated rings. The van der Waals surface area contributed by atoms with Crippen LogP contribution in [0.3, 0.4) is 0 Å². The molecule has 1 saturated carbocycles. The van der Waals surface area contributed by atoms with Crippen molar-refractivity contribution < 1.29 is 9.59 Å². The van der Waals surface area contributed by atoms with Crippen molar-refractivity contribution in [2.45, 2.75) is 77.7 Å². The van der Waals surface area contributed by atoms with E-state index in [-0.39, 0.29) is 23.8 Å². The van der Waals surface area contributed by atoms with Gasteiger partial charge in [0.25, 0.3) is 0 Å². The summed E-state index contributed by atoms with van der Waals surface area (Å²) in [5.41, 5.74) is 0. The van der Waals surface area contributed by atoms with Gasteiger partial charge in [-0.1, -0.05) is 52.4 Å². The van der Waals surface area contributed by atoms with Gasteiger partial charge in [-0.3, -0.25) is 9.59 Å². The molecule has 2 amide bonds. The number of nitrogens with one attached hydrogen (secondary N) is 1. The van der Waals surface area contributed by atoms with Crippen LogP contribution in [0.4, 0.5) is 0 Å². The molecule has 0 aromatic heterocycles. The minimum absolute atomic E-state index is 0.00465. The average molecular weight is 310 g/mol. The summed E-state index contributed by atoms with van der Waals surface area (Å²) in [4.78, 5) is 25.9. The van der Waals surface area contributed by atoms with E-state index < -0.39 is 0 Å². The highest BCUT2D eigenvalue weighted by atomic mass is 16.2. The molecule has 0 radical (unpaired) electrons. The Kier molecular flexibility index (Phi) is 8.51. The van der Waals surface area contributed by atoms with Gasteiger partial charge in [0.1, 0.15) is 6.04 Å². The van der Waals surface area contributed by atoms with Gasteiger partial charge in [0.15, 0.2) is 0 Å². The number of hydrogen-bond acceptors (Lipinski definition) is 2. The Morgan fingerprint density at radius 1 is 1.18 bits per heavy atom. The number of likely N-dealkylation sites (N-methyl/N-ethyl adjacent to an activating group) is 1. The van der Waals surface area contributed by atoms with Crippen LogP contribution in [0.5, 0.6) is 0 Å². The SMILES string of the molecule is CC[C@H](C)[C@H](NC(=O)CCCC1CCCCC1)C(=O)N(C)C. The van der Waals surface area contributed by atoms with Crippen LogP contribution >= 0.6 is 0 Å². The van der Waals surface area contributed by atoms with Gasteiger partial charge in [0, 0.05) is 20.5 Å². The maximum Gasteiger partial charge on any atom is 0.244 e. The molecule has 22 heavy (non-hydrogen) atoms. The molecule has 1 aliphatic rings. The third kappa shape index (κ3) is 6.37. The first kappa shape index (κ1) is 19.0. The summed E-state index contributed by atoms with van der Waals surface area (Å²) in [6.45, 7) is 4.07. The molecular formula is C18H34N2O2. The van der Waals surface area contributed by atoms with Crippen LogP contribution < -0.4 is 5.32 Å². The highest BCUT2D eigenvalue weighted by molar-refractivity contribution is 5.87. The minimum Gasteiger partial charge on any atom is -0.347 e. The van der Waals surface area contributed by atoms with Crippen molar-refractivity contribution >= 4 is 11.8 Å². The van der Waals surface area contributed by atoms with Gasteiger partial charge in [-0.25, -0.2) is 0 Å². The van der Waals surface area contributed by atoms with Crippen LogP contribution in [0.2, 0.25) is 0 Å². The van der Waals surface area contributed by atoms with Crippen molar-refractivity contribution in [3.05, 3.63) is 0 Å². The van der Waals surface area contributed by atoms with Gasteiger partial charge in [-0.2, -0.15) is 0 Å². The molecule has 1 rings (SSSR count). The fourth-order valence-electron chi connectivity index (χ4n) is 3.23. The lowest BCUT2D eigenvalue weighted by Crippen LogP contribution is -2.49. The molecule has 2 atom stereocenters. The van der Waals surface area contributed by atoms with E-state index in [2.05, 4.69) is 12.2 Å². The monoisotopic (exact) mass is 310 g/mol. The van der Waals surface area contributed by atoms with Crippen molar-refractivity contribution in [3.63, 3.8) is 0 Å². The molecule has 4 nitrogen and oxygen atoms in total. The molecule has 0 heterocycles. The Labute approximate surface area is 136 Å². The Bertz CT molecular complexity index is 349. The maximum absolute atomic E-state index is 12.2. The molecular weight excluding hydrogens is 276 g/mol. The molecule has 4 heteroatoms. The van der Waals surface area contributed by atoms with E-state index in [0.29, 0.717) is 6.42 Å². The van der Waals surface area contributed by atoms with Crippen LogP contribution in [-0.4, -0.2) is 36.9 Å². The van der Waals surface area contributed by atoms with Crippen molar-refractivity contribution in [1.82, 2.24) is 10.2 Å². The molecule has 1 N–H and O–H groups in total. The first-order valence-electron chi connectivity index (χ1n) is 8.96. The van der Waals surface area contributed by atoms with E-state index in [1.807, 2.05) is 6.92 Å². The second-order valence-electron chi connectivity index (χ2n) is 7.06. The lowest BCUT2D eigenvalue weighted by Gasteiger charge is -2.26. The molecule has 0 aromatic carbocycles. The van der Waals surface area contributed by atoms with E-state index in [9.17, 15) is 9.59 Å². The summed E-state index contributed by atoms with van der Waals surface area (Å²) in [5.74, 6) is 0.999. The summed E-state index contributed by atoms with van der Waals surface area (Å²) >= 11 is 0. The van der Waals surface area contributed by atoms with E-state index in [1.165, 1.54) is 32.1 Å². The lowest BCUT2D eigenvalue weighted by atomic mass is 9.86. The number of hydrogen-bond donors (Lipinski definition) is 1. The Balaban J connectivity index is 2.37. The van der Waals surface area contributed by atoms with Crippen molar-refractivity contribution in [3.8, 4) is 0 Å². The van der Waals surface area contributed by atoms with Gasteiger partial charge in [-0.15, -0.1) is 0 Å². The molecule has 1 aliphatic carbocycles. The highest BCUT2D eigenvalue weighted by Crippen LogP contribution is 2.27. The molecule has 0 aliphatic heterocycles. The quantitative estimate of drug-likeness (QED) is 0.747. The Morgan fingerprint density at radius 2 is 1.82 bits per heavy atom. The number of nitrogens with zero attached hydrogens (tertiary/aromatic N) is 1. The van der Waals surface area contributed by atoms with Gasteiger partial charge < -0.3 is 10.2 Å². The van der Waals surface area contributed by atoms with Crippen LogP contribution in [0, 0.1) is 11.8 Å². The molecule has 0 bridgehead atoms. The molecule has 0 spiro atoms. The summed E-state index contributed by atoms with van der Waals surface area (Å²) in [6.07, 6.45) is 10.3. The number of carbonyl (C=O) groups excluding carboxylic acids is 2. The molecule has 0 unspecified atom stereocenters. The highest BCUT2D eigenvalue weighted by Gasteiger charge is 2.27. The van der Waals surface area contributed by atoms with E-state index in [1.54, 1.807) is 19.0 Å². The zero-order valence-electron chi connectivity index (χ0n) is 14.9. The van der Waals surface area contributed by atoms with Crippen molar-refractivity contribution in [2.24, 2.45) is 11.8 Å². The zero-order valence-corrected chi connectivity index (χ0v) is 14.9. The smallest absolute Gasteiger partial charge is 0.244 e. The van der Waals surface area contributed by atoms with E-state index in [0.717, 1.165) is 25.2 Å². The van der Waals surface area contributed by atoms with Crippen LogP contribution in [-0.2, 0) is 9.59 Å². The van der Waals surface area contributed by atoms with Gasteiger partial charge >= 0.3 is 0 Å². The van der Waals surface area contributed by atoms with Crippen LogP contribution in [0.15, 0.2) is 0 Å². The van der Waals surface area contributed by atoms with Crippen LogP contribution in [0.25, 0.3) is 0 Å². The van der Waals surface area contributed by atoms with Crippen LogP contribution in [0.1, 0.15) is 71.6 Å². The summed E-state index contributed by atoms with van der Waals surface area (Å²) in [7, 11) is 3.49. The first-order valence-corrected chi connectivity index (χ1v) is 8.96. The van der Waals surface area contributed by atoms with Crippen molar-refractivity contribution in [1.29, 1.82) is 0 Å². The van der Waals surface area contributed by atoms with Gasteiger partial charge in [-0.05, 0) is 24.7 Å². The number of amides is 2. The van der Waals surface area contributed by atoms with Crippen molar-refractivity contribution in [2.75, 3.05) is 14.1 Å². The topological polar surface area (TPSA) is 49.4 Å². The molecule has 0 saturated heterocycles. The normalized spacial score (nSPS) is 18.5. The van der Waals surface area contributed by atoms with E-state index in [4.69, 9.17) is 0 Å². The predicted molar refractivity (Wildman–Crippen MR) is 90.5 cm³/mol. The number of rotatable bonds is 8. The minimum atomic E-state index is -0.387. The first-order chi connectivity index (χ1) is 10.5. The summed E-state index contributed by atoms with van der Waals surface area (Å²) < 4.78 is 0. The third-order valence-electron chi connectivity index (χ3n) is 4.98. The van der Waals surface area contributed by atoms with E-state index >= 15 is 0 Å². The summed E-state index contributed by atoms with van der Waals surface area (Å²) in [5, 5.41) is 2.96. The third-order valence-corrected chi connectivity index (χ3v) is 4.98. The molecule has 128 valence electrons.